The van der Waals surface area contributed by atoms with Crippen LogP contribution in [0, 0.1) is 9.49 Å². The van der Waals surface area contributed by atoms with Crippen LogP contribution in [0.25, 0.3) is 0 Å². The van der Waals surface area contributed by atoms with Gasteiger partial charge in [0.15, 0.2) is 0 Å². The Morgan fingerprint density at radius 1 is 1.42 bits per heavy atom. The second-order valence-corrected chi connectivity index (χ2v) is 6.87. The van der Waals surface area contributed by atoms with Gasteiger partial charge in [-0.05, 0) is 46.7 Å². The Morgan fingerprint density at radius 3 is 2.89 bits per heavy atom. The summed E-state index contributed by atoms with van der Waals surface area (Å²) in [5.74, 6) is 0.387. The molecule has 0 bridgehead atoms. The average molecular weight is 387 g/mol. The van der Waals surface area contributed by atoms with Crippen molar-refractivity contribution in [2.45, 2.75) is 20.3 Å². The van der Waals surface area contributed by atoms with E-state index < -0.39 is 0 Å². The van der Waals surface area contributed by atoms with Crippen molar-refractivity contribution >= 4 is 45.0 Å². The molecule has 0 unspecified atom stereocenters. The average Bonchev–Trinajstić information content (AvgIpc) is 2.75. The number of carbonyl (C=O) groups is 1. The van der Waals surface area contributed by atoms with Crippen molar-refractivity contribution < 1.29 is 4.79 Å². The number of nitrogens with zero attached hydrogens (tertiary/aromatic N) is 2. The maximum Gasteiger partial charge on any atom is 0.257 e. The molecule has 1 amide bonds. The lowest BCUT2D eigenvalue weighted by atomic mass is 10.1. The molecular weight excluding hydrogens is 373 g/mol. The minimum absolute atomic E-state index is 0.147. The maximum absolute atomic E-state index is 12.0. The van der Waals surface area contributed by atoms with Gasteiger partial charge in [-0.3, -0.25) is 10.1 Å². The molecule has 0 aliphatic carbocycles. The normalized spacial score (nSPS) is 10.7. The fourth-order valence-electron chi connectivity index (χ4n) is 1.53. The van der Waals surface area contributed by atoms with Gasteiger partial charge in [-0.2, -0.15) is 0 Å². The Kier molecular flexibility index (Phi) is 4.87. The molecule has 0 radical (unpaired) electrons. The third-order valence-corrected chi connectivity index (χ3v) is 3.89. The first kappa shape index (κ1) is 14.4. The van der Waals surface area contributed by atoms with Crippen molar-refractivity contribution in [1.82, 2.24) is 10.2 Å². The maximum atomic E-state index is 12.0. The van der Waals surface area contributed by atoms with E-state index in [-0.39, 0.29) is 5.91 Å². The molecule has 1 aromatic carbocycles. The summed E-state index contributed by atoms with van der Waals surface area (Å²) in [6, 6.07) is 7.43. The summed E-state index contributed by atoms with van der Waals surface area (Å²) in [4.78, 5) is 12.0. The number of halogens is 1. The second-order valence-electron chi connectivity index (χ2n) is 4.56. The van der Waals surface area contributed by atoms with Gasteiger partial charge in [0.25, 0.3) is 5.91 Å². The Hall–Kier alpha value is -1.02. The van der Waals surface area contributed by atoms with Gasteiger partial charge < -0.3 is 0 Å². The number of rotatable bonds is 4. The molecule has 1 aromatic heterocycles. The van der Waals surface area contributed by atoms with Gasteiger partial charge in [-0.25, -0.2) is 0 Å². The van der Waals surface area contributed by atoms with Gasteiger partial charge >= 0.3 is 0 Å². The standard InChI is InChI=1S/C13H14IN3OS/c1-8(2)6-11-16-17-13(19-11)15-12(18)9-4-3-5-10(14)7-9/h3-5,7-8H,6H2,1-2H3,(H,15,17,18). The van der Waals surface area contributed by atoms with Crippen LogP contribution in [0.4, 0.5) is 5.13 Å². The smallest absolute Gasteiger partial charge is 0.257 e. The number of hydrogen-bond donors (Lipinski definition) is 1. The molecule has 2 rings (SSSR count). The molecule has 0 spiro atoms. The van der Waals surface area contributed by atoms with Gasteiger partial charge in [0.1, 0.15) is 5.01 Å². The summed E-state index contributed by atoms with van der Waals surface area (Å²) in [5, 5.41) is 12.4. The van der Waals surface area contributed by atoms with Crippen molar-refractivity contribution in [2.24, 2.45) is 5.92 Å². The molecule has 2 aromatic rings. The van der Waals surface area contributed by atoms with Crippen LogP contribution in [0.3, 0.4) is 0 Å². The van der Waals surface area contributed by atoms with Crippen molar-refractivity contribution in [3.8, 4) is 0 Å². The van der Waals surface area contributed by atoms with E-state index in [2.05, 4.69) is 52.0 Å². The zero-order chi connectivity index (χ0) is 13.8. The van der Waals surface area contributed by atoms with E-state index in [1.54, 1.807) is 6.07 Å². The molecular formula is C13H14IN3OS. The van der Waals surface area contributed by atoms with E-state index in [0.717, 1.165) is 15.0 Å². The Balaban J connectivity index is 2.05. The summed E-state index contributed by atoms with van der Waals surface area (Å²) in [7, 11) is 0. The predicted molar refractivity (Wildman–Crippen MR) is 85.6 cm³/mol. The van der Waals surface area contributed by atoms with Crippen LogP contribution in [0.15, 0.2) is 24.3 Å². The molecule has 1 heterocycles. The third kappa shape index (κ3) is 4.24. The first-order valence-electron chi connectivity index (χ1n) is 5.94. The Morgan fingerprint density at radius 2 is 2.21 bits per heavy atom. The van der Waals surface area contributed by atoms with Crippen LogP contribution >= 0.6 is 33.9 Å². The zero-order valence-corrected chi connectivity index (χ0v) is 13.7. The number of hydrogen-bond acceptors (Lipinski definition) is 4. The number of carbonyl (C=O) groups excluding carboxylic acids is 1. The number of anilines is 1. The molecule has 100 valence electrons. The molecule has 0 atom stereocenters. The fourth-order valence-corrected chi connectivity index (χ4v) is 3.02. The Bertz CT molecular complexity index is 583. The lowest BCUT2D eigenvalue weighted by Gasteiger charge is -2.01. The molecule has 6 heteroatoms. The number of benzene rings is 1. The van der Waals surface area contributed by atoms with E-state index in [1.807, 2.05) is 18.2 Å². The minimum atomic E-state index is -0.147. The highest BCUT2D eigenvalue weighted by Gasteiger charge is 2.11. The van der Waals surface area contributed by atoms with E-state index in [1.165, 1.54) is 11.3 Å². The SMILES string of the molecule is CC(C)Cc1nnc(NC(=O)c2cccc(I)c2)s1. The summed E-state index contributed by atoms with van der Waals surface area (Å²) in [5.41, 5.74) is 0.632. The van der Waals surface area contributed by atoms with Gasteiger partial charge in [0.2, 0.25) is 5.13 Å². The van der Waals surface area contributed by atoms with Gasteiger partial charge in [-0.1, -0.05) is 31.3 Å². The Labute approximate surface area is 129 Å². The minimum Gasteiger partial charge on any atom is -0.296 e. The molecule has 0 aliphatic rings. The highest BCUT2D eigenvalue weighted by Crippen LogP contribution is 2.19. The first-order chi connectivity index (χ1) is 9.04. The molecule has 4 nitrogen and oxygen atoms in total. The van der Waals surface area contributed by atoms with Crippen molar-refractivity contribution in [1.29, 1.82) is 0 Å². The number of nitrogens with one attached hydrogen (secondary N) is 1. The van der Waals surface area contributed by atoms with E-state index in [0.29, 0.717) is 16.6 Å². The third-order valence-electron chi connectivity index (χ3n) is 2.36. The topological polar surface area (TPSA) is 54.9 Å². The summed E-state index contributed by atoms with van der Waals surface area (Å²) >= 11 is 3.61. The van der Waals surface area contributed by atoms with Crippen LogP contribution in [0.5, 0.6) is 0 Å². The molecule has 0 aliphatic heterocycles. The number of aromatic nitrogens is 2. The number of amides is 1. The fraction of sp³-hybridized carbons (Fsp3) is 0.308. The van der Waals surface area contributed by atoms with Crippen LogP contribution in [0.2, 0.25) is 0 Å². The summed E-state index contributed by atoms with van der Waals surface area (Å²) < 4.78 is 1.03. The van der Waals surface area contributed by atoms with Gasteiger partial charge in [-0.15, -0.1) is 10.2 Å². The lowest BCUT2D eigenvalue weighted by molar-refractivity contribution is 0.102. The van der Waals surface area contributed by atoms with E-state index in [4.69, 9.17) is 0 Å². The van der Waals surface area contributed by atoms with Gasteiger partial charge in [0, 0.05) is 15.6 Å². The molecule has 1 N–H and O–H groups in total. The van der Waals surface area contributed by atoms with Crippen molar-refractivity contribution in [2.75, 3.05) is 5.32 Å². The second kappa shape index (κ2) is 6.42. The van der Waals surface area contributed by atoms with E-state index >= 15 is 0 Å². The largest absolute Gasteiger partial charge is 0.296 e. The van der Waals surface area contributed by atoms with Crippen molar-refractivity contribution in [3.63, 3.8) is 0 Å². The van der Waals surface area contributed by atoms with Crippen LogP contribution in [-0.4, -0.2) is 16.1 Å². The lowest BCUT2D eigenvalue weighted by Crippen LogP contribution is -2.11. The van der Waals surface area contributed by atoms with Crippen LogP contribution in [0.1, 0.15) is 29.2 Å². The first-order valence-corrected chi connectivity index (χ1v) is 7.83. The molecule has 19 heavy (non-hydrogen) atoms. The van der Waals surface area contributed by atoms with E-state index in [9.17, 15) is 4.79 Å². The highest BCUT2D eigenvalue weighted by atomic mass is 127. The molecule has 0 fully saturated rings. The zero-order valence-electron chi connectivity index (χ0n) is 10.7. The monoisotopic (exact) mass is 387 g/mol. The molecule has 0 saturated heterocycles. The summed E-state index contributed by atoms with van der Waals surface area (Å²) in [6.07, 6.45) is 0.886. The van der Waals surface area contributed by atoms with Crippen LogP contribution in [-0.2, 0) is 6.42 Å². The van der Waals surface area contributed by atoms with Crippen molar-refractivity contribution in [3.05, 3.63) is 38.4 Å². The van der Waals surface area contributed by atoms with Gasteiger partial charge in [0.05, 0.1) is 0 Å². The predicted octanol–water partition coefficient (Wildman–Crippen LogP) is 3.59. The summed E-state index contributed by atoms with van der Waals surface area (Å²) in [6.45, 7) is 4.26. The van der Waals surface area contributed by atoms with Crippen LogP contribution < -0.4 is 5.32 Å². The molecule has 0 saturated carbocycles. The highest BCUT2D eigenvalue weighted by molar-refractivity contribution is 14.1. The quantitative estimate of drug-likeness (QED) is 0.816.